The molecule has 1 rings (SSSR count). The Morgan fingerprint density at radius 2 is 2.00 bits per heavy atom. The summed E-state index contributed by atoms with van der Waals surface area (Å²) < 4.78 is 4.89. The fourth-order valence-corrected chi connectivity index (χ4v) is 1.22. The number of rotatable bonds is 5. The van der Waals surface area contributed by atoms with E-state index in [0.29, 0.717) is 5.70 Å². The van der Waals surface area contributed by atoms with Crippen molar-refractivity contribution in [1.82, 2.24) is 0 Å². The van der Waals surface area contributed by atoms with Crippen molar-refractivity contribution < 1.29 is 9.53 Å². The second-order valence-electron chi connectivity index (χ2n) is 3.72. The summed E-state index contributed by atoms with van der Waals surface area (Å²) in [7, 11) is 0. The largest absolute Gasteiger partial charge is 0.458 e. The number of ether oxygens (including phenoxy) is 1. The van der Waals surface area contributed by atoms with Crippen LogP contribution in [0.2, 0.25) is 0 Å². The lowest BCUT2D eigenvalue weighted by Gasteiger charge is -1.96. The van der Waals surface area contributed by atoms with Crippen LogP contribution >= 0.6 is 0 Å². The molecule has 0 aliphatic rings. The van der Waals surface area contributed by atoms with Crippen LogP contribution in [-0.2, 0) is 9.53 Å². The van der Waals surface area contributed by atoms with Crippen molar-refractivity contribution in [3.63, 3.8) is 0 Å². The zero-order valence-corrected chi connectivity index (χ0v) is 10.4. The van der Waals surface area contributed by atoms with E-state index in [0.717, 1.165) is 5.56 Å². The highest BCUT2D eigenvalue weighted by Gasteiger charge is 1.94. The van der Waals surface area contributed by atoms with Crippen LogP contribution in [0.4, 0.5) is 0 Å². The van der Waals surface area contributed by atoms with Gasteiger partial charge in [-0.25, -0.2) is 4.79 Å². The zero-order chi connectivity index (χ0) is 13.2. The van der Waals surface area contributed by atoms with Gasteiger partial charge in [0, 0.05) is 11.8 Å². The van der Waals surface area contributed by atoms with Gasteiger partial charge < -0.3 is 10.5 Å². The third kappa shape index (κ3) is 6.33. The first kappa shape index (κ1) is 13.8. The van der Waals surface area contributed by atoms with Crippen molar-refractivity contribution in [3.05, 3.63) is 65.9 Å². The smallest absolute Gasteiger partial charge is 0.332 e. The molecule has 3 nitrogen and oxygen atoms in total. The Balaban J connectivity index is 2.28. The summed E-state index contributed by atoms with van der Waals surface area (Å²) in [5, 5.41) is 0. The van der Waals surface area contributed by atoms with Gasteiger partial charge in [0.1, 0.15) is 6.61 Å². The molecular weight excluding hydrogens is 226 g/mol. The Kier molecular flexibility index (Phi) is 6.04. The van der Waals surface area contributed by atoms with Crippen LogP contribution in [0.25, 0.3) is 6.08 Å². The summed E-state index contributed by atoms with van der Waals surface area (Å²) in [4.78, 5) is 11.1. The van der Waals surface area contributed by atoms with Gasteiger partial charge in [0.25, 0.3) is 0 Å². The number of allylic oxidation sites excluding steroid dienone is 3. The molecule has 0 aromatic heterocycles. The van der Waals surface area contributed by atoms with Crippen molar-refractivity contribution in [2.45, 2.75) is 6.92 Å². The van der Waals surface area contributed by atoms with Gasteiger partial charge in [-0.05, 0) is 18.6 Å². The second-order valence-corrected chi connectivity index (χ2v) is 3.72. The lowest BCUT2D eigenvalue weighted by Crippen LogP contribution is -2.03. The van der Waals surface area contributed by atoms with Crippen LogP contribution in [-0.4, -0.2) is 12.6 Å². The number of hydrogen-bond acceptors (Lipinski definition) is 3. The lowest BCUT2D eigenvalue weighted by atomic mass is 10.2. The number of carbonyl (C=O) groups is 1. The van der Waals surface area contributed by atoms with Crippen LogP contribution in [0, 0.1) is 0 Å². The Morgan fingerprint density at radius 1 is 1.28 bits per heavy atom. The normalized spacial score (nSPS) is 12.2. The van der Waals surface area contributed by atoms with E-state index < -0.39 is 5.97 Å². The van der Waals surface area contributed by atoms with E-state index >= 15 is 0 Å². The Hall–Kier alpha value is -2.29. The molecule has 3 heteroatoms. The van der Waals surface area contributed by atoms with Gasteiger partial charge in [-0.15, -0.1) is 0 Å². The fourth-order valence-electron chi connectivity index (χ4n) is 1.22. The number of benzene rings is 1. The molecule has 0 unspecified atom stereocenters. The number of nitrogens with two attached hydrogens (primary N) is 1. The Bertz CT molecular complexity index is 455. The summed E-state index contributed by atoms with van der Waals surface area (Å²) in [5.41, 5.74) is 6.90. The van der Waals surface area contributed by atoms with Gasteiger partial charge >= 0.3 is 5.97 Å². The van der Waals surface area contributed by atoms with E-state index in [1.807, 2.05) is 48.6 Å². The van der Waals surface area contributed by atoms with E-state index in [9.17, 15) is 4.79 Å². The highest BCUT2D eigenvalue weighted by Crippen LogP contribution is 2.00. The molecule has 0 spiro atoms. The van der Waals surface area contributed by atoms with E-state index in [1.165, 1.54) is 6.08 Å². The van der Waals surface area contributed by atoms with Crippen molar-refractivity contribution in [3.8, 4) is 0 Å². The van der Waals surface area contributed by atoms with Crippen LogP contribution in [0.5, 0.6) is 0 Å². The van der Waals surface area contributed by atoms with Gasteiger partial charge in [-0.1, -0.05) is 48.6 Å². The molecule has 0 saturated heterocycles. The average molecular weight is 243 g/mol. The van der Waals surface area contributed by atoms with Gasteiger partial charge in [0.15, 0.2) is 0 Å². The summed E-state index contributed by atoms with van der Waals surface area (Å²) in [6.45, 7) is 1.88. The van der Waals surface area contributed by atoms with Crippen molar-refractivity contribution in [2.24, 2.45) is 5.73 Å². The number of hydrogen-bond donors (Lipinski definition) is 1. The minimum absolute atomic E-state index is 0.238. The first-order valence-corrected chi connectivity index (χ1v) is 5.67. The van der Waals surface area contributed by atoms with E-state index in [4.69, 9.17) is 10.5 Å². The third-order valence-corrected chi connectivity index (χ3v) is 2.00. The maximum absolute atomic E-state index is 11.1. The standard InChI is InChI=1S/C15H17NO2/c1-13(16)12-15(17)18-11-7-3-6-10-14-8-4-2-5-9-14/h2-10,12H,11,16H2,1H3. The predicted octanol–water partition coefficient (Wildman–Crippen LogP) is 2.66. The van der Waals surface area contributed by atoms with E-state index in [2.05, 4.69) is 0 Å². The summed E-state index contributed by atoms with van der Waals surface area (Å²) >= 11 is 0. The molecule has 1 aromatic rings. The Morgan fingerprint density at radius 3 is 2.67 bits per heavy atom. The minimum atomic E-state index is -0.424. The molecule has 0 aliphatic heterocycles. The van der Waals surface area contributed by atoms with E-state index in [-0.39, 0.29) is 6.61 Å². The first-order valence-electron chi connectivity index (χ1n) is 5.67. The number of esters is 1. The van der Waals surface area contributed by atoms with E-state index in [1.54, 1.807) is 13.0 Å². The third-order valence-electron chi connectivity index (χ3n) is 2.00. The summed E-state index contributed by atoms with van der Waals surface area (Å²) in [5.74, 6) is -0.424. The minimum Gasteiger partial charge on any atom is -0.458 e. The molecule has 0 saturated carbocycles. The highest BCUT2D eigenvalue weighted by molar-refractivity contribution is 5.82. The molecular formula is C15H17NO2. The lowest BCUT2D eigenvalue weighted by molar-refractivity contribution is -0.136. The summed E-state index contributed by atoms with van der Waals surface area (Å²) in [6, 6.07) is 9.96. The van der Waals surface area contributed by atoms with Crippen LogP contribution in [0.1, 0.15) is 12.5 Å². The van der Waals surface area contributed by atoms with Gasteiger partial charge in [0.05, 0.1) is 0 Å². The van der Waals surface area contributed by atoms with Crippen molar-refractivity contribution in [1.29, 1.82) is 0 Å². The molecule has 0 heterocycles. The molecule has 94 valence electrons. The topological polar surface area (TPSA) is 52.3 Å². The molecule has 2 N–H and O–H groups in total. The van der Waals surface area contributed by atoms with Crippen molar-refractivity contribution >= 4 is 12.0 Å². The molecule has 1 aromatic carbocycles. The highest BCUT2D eigenvalue weighted by atomic mass is 16.5. The predicted molar refractivity (Wildman–Crippen MR) is 73.5 cm³/mol. The molecule has 0 radical (unpaired) electrons. The summed E-state index contributed by atoms with van der Waals surface area (Å²) in [6.07, 6.45) is 8.72. The monoisotopic (exact) mass is 243 g/mol. The maximum Gasteiger partial charge on any atom is 0.332 e. The average Bonchev–Trinajstić information content (AvgIpc) is 2.34. The molecule has 0 aliphatic carbocycles. The SMILES string of the molecule is CC(N)=CC(=O)OCC=CC=Cc1ccccc1. The zero-order valence-electron chi connectivity index (χ0n) is 10.4. The van der Waals surface area contributed by atoms with Crippen molar-refractivity contribution in [2.75, 3.05) is 6.61 Å². The molecule has 0 fully saturated rings. The molecule has 18 heavy (non-hydrogen) atoms. The number of carbonyl (C=O) groups excluding carboxylic acids is 1. The van der Waals surface area contributed by atoms with Crippen LogP contribution in [0.15, 0.2) is 60.3 Å². The quantitative estimate of drug-likeness (QED) is 0.491. The maximum atomic E-state index is 11.1. The van der Waals surface area contributed by atoms with Gasteiger partial charge in [-0.2, -0.15) is 0 Å². The fraction of sp³-hybridized carbons (Fsp3) is 0.133. The second kappa shape index (κ2) is 7.90. The first-order chi connectivity index (χ1) is 8.68. The van der Waals surface area contributed by atoms with Crippen LogP contribution in [0.3, 0.4) is 0 Å². The molecule has 0 atom stereocenters. The van der Waals surface area contributed by atoms with Gasteiger partial charge in [0.2, 0.25) is 0 Å². The molecule has 0 bridgehead atoms. The van der Waals surface area contributed by atoms with Crippen LogP contribution < -0.4 is 5.73 Å². The van der Waals surface area contributed by atoms with Gasteiger partial charge in [-0.3, -0.25) is 0 Å². The molecule has 0 amide bonds. The Labute approximate surface area is 107 Å².